The molecular weight excluding hydrogens is 247 g/mol. The molecule has 0 aromatic carbocycles. The molecule has 1 atom stereocenters. The first-order valence-corrected chi connectivity index (χ1v) is 5.04. The minimum Gasteiger partial charge on any atom is -0.351 e. The zero-order chi connectivity index (χ0) is 13.8. The van der Waals surface area contributed by atoms with E-state index in [2.05, 4.69) is 10.3 Å². The van der Waals surface area contributed by atoms with Crippen molar-refractivity contribution in [3.8, 4) is 6.07 Å². The van der Waals surface area contributed by atoms with Crippen molar-refractivity contribution in [3.05, 3.63) is 29.6 Å². The Kier molecular flexibility index (Phi) is 4.26. The van der Waals surface area contributed by atoms with Crippen LogP contribution >= 0.6 is 0 Å². The van der Waals surface area contributed by atoms with Crippen LogP contribution in [0.15, 0.2) is 18.3 Å². The van der Waals surface area contributed by atoms with Gasteiger partial charge in [0.15, 0.2) is 0 Å². The van der Waals surface area contributed by atoms with Crippen LogP contribution in [0, 0.1) is 17.2 Å². The number of carbonyl (C=O) groups is 1. The van der Waals surface area contributed by atoms with Crippen molar-refractivity contribution < 1.29 is 18.0 Å². The van der Waals surface area contributed by atoms with E-state index in [1.54, 1.807) is 6.07 Å². The summed E-state index contributed by atoms with van der Waals surface area (Å²) < 4.78 is 36.7. The van der Waals surface area contributed by atoms with Crippen LogP contribution in [-0.2, 0) is 17.5 Å². The van der Waals surface area contributed by atoms with Gasteiger partial charge in [-0.05, 0) is 18.6 Å². The molecule has 0 fully saturated rings. The lowest BCUT2D eigenvalue weighted by Gasteiger charge is -2.08. The summed E-state index contributed by atoms with van der Waals surface area (Å²) in [5, 5.41) is 10.9. The van der Waals surface area contributed by atoms with Crippen LogP contribution < -0.4 is 5.32 Å². The zero-order valence-corrected chi connectivity index (χ0v) is 9.45. The third-order valence-electron chi connectivity index (χ3n) is 2.17. The Balaban J connectivity index is 2.61. The van der Waals surface area contributed by atoms with Crippen LogP contribution in [0.5, 0.6) is 0 Å². The summed E-state index contributed by atoms with van der Waals surface area (Å²) in [5.41, 5.74) is -0.551. The predicted octanol–water partition coefficient (Wildman–Crippen LogP) is 1.88. The summed E-state index contributed by atoms with van der Waals surface area (Å²) >= 11 is 0. The lowest BCUT2D eigenvalue weighted by Crippen LogP contribution is -2.28. The second kappa shape index (κ2) is 5.49. The monoisotopic (exact) mass is 257 g/mol. The first kappa shape index (κ1) is 14.0. The molecule has 0 bridgehead atoms. The molecule has 4 nitrogen and oxygen atoms in total. The predicted molar refractivity (Wildman–Crippen MR) is 55.9 cm³/mol. The number of nitriles is 1. The summed E-state index contributed by atoms with van der Waals surface area (Å²) in [6.07, 6.45) is -3.43. The number of carbonyl (C=O) groups excluding carboxylic acids is 1. The largest absolute Gasteiger partial charge is 0.433 e. The highest BCUT2D eigenvalue weighted by atomic mass is 19.4. The van der Waals surface area contributed by atoms with Gasteiger partial charge in [-0.1, -0.05) is 6.07 Å². The van der Waals surface area contributed by atoms with Crippen LogP contribution in [0.1, 0.15) is 18.2 Å². The lowest BCUT2D eigenvalue weighted by molar-refractivity contribution is -0.141. The Morgan fingerprint density at radius 3 is 2.67 bits per heavy atom. The highest BCUT2D eigenvalue weighted by Gasteiger charge is 2.31. The van der Waals surface area contributed by atoms with E-state index in [-0.39, 0.29) is 6.54 Å². The molecule has 1 amide bonds. The Bertz CT molecular complexity index is 462. The Morgan fingerprint density at radius 1 is 1.56 bits per heavy atom. The summed E-state index contributed by atoms with van der Waals surface area (Å²) in [5.74, 6) is -1.27. The molecule has 18 heavy (non-hydrogen) atoms. The van der Waals surface area contributed by atoms with Gasteiger partial charge in [0.25, 0.3) is 0 Å². The van der Waals surface area contributed by atoms with E-state index in [0.29, 0.717) is 5.56 Å². The second-order valence-electron chi connectivity index (χ2n) is 3.62. The smallest absolute Gasteiger partial charge is 0.351 e. The van der Waals surface area contributed by atoms with E-state index in [9.17, 15) is 18.0 Å². The van der Waals surface area contributed by atoms with Crippen molar-refractivity contribution in [1.82, 2.24) is 10.3 Å². The van der Waals surface area contributed by atoms with Crippen molar-refractivity contribution in [2.24, 2.45) is 5.92 Å². The maximum atomic E-state index is 12.2. The molecule has 1 N–H and O–H groups in total. The van der Waals surface area contributed by atoms with E-state index in [0.717, 1.165) is 12.3 Å². The topological polar surface area (TPSA) is 65.8 Å². The number of pyridine rings is 1. The maximum Gasteiger partial charge on any atom is 0.433 e. The van der Waals surface area contributed by atoms with Crippen LogP contribution in [0.2, 0.25) is 0 Å². The number of halogens is 3. The summed E-state index contributed by atoms with van der Waals surface area (Å²) in [7, 11) is 0. The summed E-state index contributed by atoms with van der Waals surface area (Å²) in [6, 6.07) is 3.83. The maximum absolute atomic E-state index is 12.2. The van der Waals surface area contributed by atoms with Crippen molar-refractivity contribution in [1.29, 1.82) is 5.26 Å². The van der Waals surface area contributed by atoms with Crippen LogP contribution in [-0.4, -0.2) is 10.9 Å². The number of alkyl halides is 3. The van der Waals surface area contributed by atoms with Gasteiger partial charge in [-0.15, -0.1) is 0 Å². The first-order valence-electron chi connectivity index (χ1n) is 5.04. The zero-order valence-electron chi connectivity index (χ0n) is 9.45. The molecule has 1 aromatic heterocycles. The fourth-order valence-corrected chi connectivity index (χ4v) is 1.10. The molecule has 0 saturated heterocycles. The van der Waals surface area contributed by atoms with Gasteiger partial charge in [0.1, 0.15) is 11.6 Å². The number of amides is 1. The minimum absolute atomic E-state index is 0.0377. The normalized spacial score (nSPS) is 12.6. The van der Waals surface area contributed by atoms with Gasteiger partial charge in [0.2, 0.25) is 5.91 Å². The van der Waals surface area contributed by atoms with Crippen molar-refractivity contribution >= 4 is 5.91 Å². The highest BCUT2D eigenvalue weighted by molar-refractivity contribution is 5.80. The van der Waals surface area contributed by atoms with Gasteiger partial charge in [-0.3, -0.25) is 9.78 Å². The molecule has 96 valence electrons. The van der Waals surface area contributed by atoms with Gasteiger partial charge < -0.3 is 5.32 Å². The summed E-state index contributed by atoms with van der Waals surface area (Å²) in [4.78, 5) is 14.5. The highest BCUT2D eigenvalue weighted by Crippen LogP contribution is 2.27. The molecule has 1 heterocycles. The van der Waals surface area contributed by atoms with Crippen molar-refractivity contribution in [3.63, 3.8) is 0 Å². The Labute approximate surface area is 101 Å². The first-order chi connectivity index (χ1) is 8.34. The molecule has 0 aliphatic rings. The van der Waals surface area contributed by atoms with Gasteiger partial charge in [-0.2, -0.15) is 18.4 Å². The van der Waals surface area contributed by atoms with Gasteiger partial charge in [0.05, 0.1) is 6.07 Å². The van der Waals surface area contributed by atoms with Gasteiger partial charge >= 0.3 is 6.18 Å². The molecule has 0 radical (unpaired) electrons. The van der Waals surface area contributed by atoms with Gasteiger partial charge in [-0.25, -0.2) is 0 Å². The quantitative estimate of drug-likeness (QED) is 0.899. The van der Waals surface area contributed by atoms with Crippen molar-refractivity contribution in [2.45, 2.75) is 19.6 Å². The lowest BCUT2D eigenvalue weighted by atomic mass is 10.2. The molecule has 1 rings (SSSR count). The Hall–Kier alpha value is -2.10. The molecule has 0 spiro atoms. The number of hydrogen-bond donors (Lipinski definition) is 1. The third-order valence-corrected chi connectivity index (χ3v) is 2.17. The van der Waals surface area contributed by atoms with E-state index in [1.165, 1.54) is 13.0 Å². The van der Waals surface area contributed by atoms with Crippen LogP contribution in [0.25, 0.3) is 0 Å². The molecule has 7 heteroatoms. The van der Waals surface area contributed by atoms with E-state index in [1.807, 2.05) is 0 Å². The summed E-state index contributed by atoms with van der Waals surface area (Å²) in [6.45, 7) is 1.47. The fraction of sp³-hybridized carbons (Fsp3) is 0.364. The molecular formula is C11H10F3N3O. The molecule has 0 saturated carbocycles. The molecule has 0 aliphatic heterocycles. The second-order valence-corrected chi connectivity index (χ2v) is 3.62. The van der Waals surface area contributed by atoms with Crippen LogP contribution in [0.3, 0.4) is 0 Å². The van der Waals surface area contributed by atoms with E-state index >= 15 is 0 Å². The molecule has 1 unspecified atom stereocenters. The van der Waals surface area contributed by atoms with Crippen LogP contribution in [0.4, 0.5) is 13.2 Å². The van der Waals surface area contributed by atoms with Gasteiger partial charge in [0, 0.05) is 12.7 Å². The third kappa shape index (κ3) is 3.73. The number of rotatable bonds is 3. The number of aromatic nitrogens is 1. The Morgan fingerprint density at radius 2 is 2.22 bits per heavy atom. The molecule has 0 aliphatic carbocycles. The number of hydrogen-bond acceptors (Lipinski definition) is 3. The van der Waals surface area contributed by atoms with E-state index in [4.69, 9.17) is 5.26 Å². The minimum atomic E-state index is -4.48. The van der Waals surface area contributed by atoms with Crippen molar-refractivity contribution in [2.75, 3.05) is 0 Å². The SMILES string of the molecule is CC(C#N)C(=O)NCc1ccc(C(F)(F)F)nc1. The standard InChI is InChI=1S/C11H10F3N3O/c1-7(4-15)10(18)17-6-8-2-3-9(16-5-8)11(12,13)14/h2-3,5,7H,6H2,1H3,(H,17,18). The average molecular weight is 257 g/mol. The fourth-order valence-electron chi connectivity index (χ4n) is 1.10. The molecule has 1 aromatic rings. The number of nitrogens with one attached hydrogen (secondary N) is 1. The number of nitrogens with zero attached hydrogens (tertiary/aromatic N) is 2. The van der Waals surface area contributed by atoms with E-state index < -0.39 is 23.7 Å². The average Bonchev–Trinajstić information content (AvgIpc) is 2.34.